The van der Waals surface area contributed by atoms with Crippen molar-refractivity contribution in [3.8, 4) is 88.9 Å². The number of aryl methyl sites for hydroxylation is 2. The lowest BCUT2D eigenvalue weighted by molar-refractivity contribution is 1.01. The summed E-state index contributed by atoms with van der Waals surface area (Å²) in [6.45, 7) is 2.08. The maximum atomic E-state index is 5.54. The molecule has 3 nitrogen and oxygen atoms in total. The minimum atomic E-state index is 0.957. The number of thiophene rings is 1. The first kappa shape index (κ1) is 45.5. The van der Waals surface area contributed by atoms with Crippen molar-refractivity contribution >= 4 is 49.1 Å². The van der Waals surface area contributed by atoms with Crippen LogP contribution in [-0.4, -0.2) is 15.0 Å². The number of benzene rings is 8. The number of nitrogens with zero attached hydrogens (tertiary/aromatic N) is 3. The first-order valence-corrected chi connectivity index (χ1v) is 26.4. The van der Waals surface area contributed by atoms with Crippen LogP contribution >= 0.6 is 22.7 Å². The van der Waals surface area contributed by atoms with Crippen LogP contribution in [0.2, 0.25) is 0 Å². The van der Waals surface area contributed by atoms with E-state index in [2.05, 4.69) is 219 Å². The van der Waals surface area contributed by atoms with Gasteiger partial charge in [0.15, 0.2) is 0 Å². The normalized spacial score (nSPS) is 12.8. The van der Waals surface area contributed by atoms with Gasteiger partial charge in [0.1, 0.15) is 5.01 Å². The van der Waals surface area contributed by atoms with Crippen molar-refractivity contribution in [2.24, 2.45) is 0 Å². The van der Waals surface area contributed by atoms with Gasteiger partial charge in [-0.2, -0.15) is 0 Å². The summed E-state index contributed by atoms with van der Waals surface area (Å²) in [4.78, 5) is 17.0. The molecule has 4 heterocycles. The first-order valence-electron chi connectivity index (χ1n) is 24.8. The molecule has 0 fully saturated rings. The monoisotopic (exact) mass is 971 g/mol. The molecule has 4 aromatic heterocycles. The average molecular weight is 972 g/mol. The summed E-state index contributed by atoms with van der Waals surface area (Å²) in [5, 5.41) is 2.36. The van der Waals surface area contributed by atoms with Crippen LogP contribution in [0.1, 0.15) is 22.4 Å². The van der Waals surface area contributed by atoms with Gasteiger partial charge in [-0.15, -0.1) is 22.7 Å². The van der Waals surface area contributed by atoms with E-state index in [1.807, 2.05) is 53.9 Å². The summed E-state index contributed by atoms with van der Waals surface area (Å²) in [7, 11) is 0. The topological polar surface area (TPSA) is 38.7 Å². The van der Waals surface area contributed by atoms with Gasteiger partial charge in [-0.25, -0.2) is 9.97 Å². The average Bonchev–Trinajstić information content (AvgIpc) is 4.05. The number of rotatable bonds is 8. The van der Waals surface area contributed by atoms with Gasteiger partial charge in [-0.3, -0.25) is 4.98 Å². The van der Waals surface area contributed by atoms with E-state index in [1.165, 1.54) is 36.4 Å². The molecule has 0 amide bonds. The van der Waals surface area contributed by atoms with E-state index in [0.717, 1.165) is 102 Å². The van der Waals surface area contributed by atoms with E-state index in [-0.39, 0.29) is 0 Å². The van der Waals surface area contributed by atoms with Gasteiger partial charge >= 0.3 is 0 Å². The molecule has 0 aliphatic heterocycles. The van der Waals surface area contributed by atoms with Gasteiger partial charge in [-0.1, -0.05) is 224 Å². The Morgan fingerprint density at radius 2 is 0.986 bits per heavy atom. The largest absolute Gasteiger partial charge is 0.256 e. The number of thiazole rings is 1. The zero-order valence-electron chi connectivity index (χ0n) is 40.3. The quantitative estimate of drug-likeness (QED) is 0.152. The molecule has 12 aromatic rings. The van der Waals surface area contributed by atoms with Crippen molar-refractivity contribution in [1.29, 1.82) is 0 Å². The Bertz CT molecular complexity index is 3930. The first-order chi connectivity index (χ1) is 36.1. The molecule has 8 aromatic carbocycles. The molecule has 0 spiro atoms. The summed E-state index contributed by atoms with van der Waals surface area (Å²) in [6, 6.07) is 79.5. The predicted octanol–water partition coefficient (Wildman–Crippen LogP) is 19.1. The second-order valence-corrected chi connectivity index (χ2v) is 20.3. The van der Waals surface area contributed by atoms with Gasteiger partial charge in [-0.05, 0) is 83.3 Å². The van der Waals surface area contributed by atoms with Crippen molar-refractivity contribution in [3.63, 3.8) is 0 Å². The molecule has 0 N–H and O–H groups in total. The van der Waals surface area contributed by atoms with E-state index < -0.39 is 0 Å². The lowest BCUT2D eigenvalue weighted by Crippen LogP contribution is -1.93. The van der Waals surface area contributed by atoms with Crippen molar-refractivity contribution in [2.45, 2.75) is 19.8 Å². The summed E-state index contributed by atoms with van der Waals surface area (Å²) < 4.78 is 2.49. The van der Waals surface area contributed by atoms with Crippen LogP contribution in [0, 0.1) is 6.92 Å². The standard InChI is InChI=1S/C61H41N3S2.C7H8/c1-2-13-23-55-52(21-12-1)53-39-47(32-37-56(53)65-55)61-64-59-50(33-34-51(60(59)66-61)43-30-28-40(29-31-43)48-22-14-38-62-57(48)45-17-8-4-9-18-45)42-26-24-41(25-27-42)49-35-36-54(44-15-6-3-7-16-44)63-58(49)46-19-10-5-11-20-46;1-7-5-3-2-4-6-7/h1-11,13-20,22-39H,12,21H2;2-6H,1H3/b2-1-,23-13-;. The van der Waals surface area contributed by atoms with E-state index in [4.69, 9.17) is 15.0 Å². The number of aromatic nitrogens is 3. The predicted molar refractivity (Wildman–Crippen MR) is 312 cm³/mol. The van der Waals surface area contributed by atoms with Gasteiger partial charge in [0.25, 0.3) is 0 Å². The zero-order chi connectivity index (χ0) is 48.9. The molecule has 1 aliphatic carbocycles. The molecular formula is C68H49N3S2. The van der Waals surface area contributed by atoms with Crippen LogP contribution in [0.15, 0.2) is 249 Å². The fourth-order valence-corrected chi connectivity index (χ4v) is 12.0. The van der Waals surface area contributed by atoms with Crippen LogP contribution < -0.4 is 0 Å². The van der Waals surface area contributed by atoms with Crippen LogP contribution in [0.25, 0.3) is 115 Å². The molecule has 0 atom stereocenters. The van der Waals surface area contributed by atoms with E-state index in [1.54, 1.807) is 11.3 Å². The van der Waals surface area contributed by atoms with E-state index in [0.29, 0.717) is 0 Å². The molecule has 73 heavy (non-hydrogen) atoms. The molecule has 1 aliphatic rings. The second kappa shape index (κ2) is 20.6. The van der Waals surface area contributed by atoms with Crippen molar-refractivity contribution in [1.82, 2.24) is 15.0 Å². The third-order valence-corrected chi connectivity index (χ3v) is 15.8. The van der Waals surface area contributed by atoms with Crippen LogP contribution in [0.5, 0.6) is 0 Å². The molecule has 0 bridgehead atoms. The van der Waals surface area contributed by atoms with E-state index in [9.17, 15) is 0 Å². The molecular weight excluding hydrogens is 923 g/mol. The highest BCUT2D eigenvalue weighted by molar-refractivity contribution is 7.22. The smallest absolute Gasteiger partial charge is 0.124 e. The highest BCUT2D eigenvalue weighted by Gasteiger charge is 2.20. The summed E-state index contributed by atoms with van der Waals surface area (Å²) in [6.07, 6.45) is 12.8. The molecule has 0 saturated heterocycles. The van der Waals surface area contributed by atoms with Crippen LogP contribution in [0.3, 0.4) is 0 Å². The highest BCUT2D eigenvalue weighted by atomic mass is 32.1. The Kier molecular flexibility index (Phi) is 12.9. The Morgan fingerprint density at radius 3 is 1.64 bits per heavy atom. The molecule has 5 heteroatoms. The zero-order valence-corrected chi connectivity index (χ0v) is 42.0. The third-order valence-electron chi connectivity index (χ3n) is 13.5. The van der Waals surface area contributed by atoms with Crippen molar-refractivity contribution < 1.29 is 0 Å². The number of allylic oxidation sites excluding steroid dienone is 3. The van der Waals surface area contributed by atoms with Gasteiger partial charge in [0.05, 0.1) is 27.3 Å². The summed E-state index contributed by atoms with van der Waals surface area (Å²) in [5.74, 6) is 0. The fourth-order valence-electron chi connectivity index (χ4n) is 9.76. The Labute approximate surface area is 434 Å². The lowest BCUT2D eigenvalue weighted by atomic mass is 9.94. The molecule has 13 rings (SSSR count). The van der Waals surface area contributed by atoms with Gasteiger partial charge < -0.3 is 0 Å². The lowest BCUT2D eigenvalue weighted by Gasteiger charge is -2.13. The minimum Gasteiger partial charge on any atom is -0.256 e. The van der Waals surface area contributed by atoms with E-state index >= 15 is 0 Å². The highest BCUT2D eigenvalue weighted by Crippen LogP contribution is 2.45. The Hall–Kier alpha value is -8.61. The molecule has 348 valence electrons. The second-order valence-electron chi connectivity index (χ2n) is 18.2. The van der Waals surface area contributed by atoms with Crippen LogP contribution in [-0.2, 0) is 6.42 Å². The van der Waals surface area contributed by atoms with Crippen molar-refractivity contribution in [3.05, 3.63) is 265 Å². The summed E-state index contributed by atoms with van der Waals surface area (Å²) in [5.41, 5.74) is 20.1. The van der Waals surface area contributed by atoms with Gasteiger partial charge in [0, 0.05) is 60.3 Å². The number of hydrogen-bond donors (Lipinski definition) is 0. The Morgan fingerprint density at radius 1 is 0.425 bits per heavy atom. The fraction of sp³-hybridized carbons (Fsp3) is 0.0441. The van der Waals surface area contributed by atoms with Crippen LogP contribution in [0.4, 0.5) is 0 Å². The molecule has 0 saturated carbocycles. The summed E-state index contributed by atoms with van der Waals surface area (Å²) >= 11 is 3.67. The Balaban J connectivity index is 0.000000718. The SMILES string of the molecule is C1=C\CCc2c(sc3ccc(-c4nc5c(-c6ccc(-c7ccc(-c8ccccc8)nc7-c7ccccc7)cc6)ccc(-c6ccc(-c7cccnc7-c7ccccc7)cc6)c5s4)cc23)\C=C/1.Cc1ccccc1. The molecule has 0 unspecified atom stereocenters. The van der Waals surface area contributed by atoms with Gasteiger partial charge in [0.2, 0.25) is 0 Å². The minimum absolute atomic E-state index is 0.957. The van der Waals surface area contributed by atoms with Crippen molar-refractivity contribution in [2.75, 3.05) is 0 Å². The number of hydrogen-bond acceptors (Lipinski definition) is 5. The maximum absolute atomic E-state index is 5.54. The molecule has 0 radical (unpaired) electrons. The maximum Gasteiger partial charge on any atom is 0.124 e. The third kappa shape index (κ3) is 9.52. The number of fused-ring (bicyclic) bond motifs is 4. The number of pyridine rings is 2.